The topological polar surface area (TPSA) is 126 Å². The molecule has 1 aliphatic heterocycles. The van der Waals surface area contributed by atoms with Crippen LogP contribution >= 0.6 is 0 Å². The predicted octanol–water partition coefficient (Wildman–Crippen LogP) is 5.49. The number of carbonyl (C=O) groups excluding carboxylic acids is 1. The molecule has 10 nitrogen and oxygen atoms in total. The molecular formula is C35H37F2N5O5S. The molecule has 2 fully saturated rings. The molecule has 48 heavy (non-hydrogen) atoms. The first-order valence-corrected chi connectivity index (χ1v) is 17.5. The molecule has 3 heterocycles. The smallest absolute Gasteiger partial charge is 0.355 e. The van der Waals surface area contributed by atoms with Crippen molar-refractivity contribution in [3.8, 4) is 22.7 Å². The number of halogens is 2. The molecule has 2 atom stereocenters. The van der Waals surface area contributed by atoms with Gasteiger partial charge in [-0.15, -0.1) is 0 Å². The van der Waals surface area contributed by atoms with E-state index in [0.29, 0.717) is 5.56 Å². The van der Waals surface area contributed by atoms with E-state index in [0.717, 1.165) is 36.0 Å². The van der Waals surface area contributed by atoms with Crippen LogP contribution in [0.1, 0.15) is 58.4 Å². The molecule has 1 aliphatic carbocycles. The number of aromatic nitrogens is 3. The number of pyridine rings is 1. The molecular weight excluding hydrogens is 640 g/mol. The molecule has 1 saturated heterocycles. The minimum Gasteiger partial charge on any atom is -0.507 e. The summed E-state index contributed by atoms with van der Waals surface area (Å²) in [5.41, 5.74) is -1.38. The van der Waals surface area contributed by atoms with Gasteiger partial charge in [0.25, 0.3) is 0 Å². The first-order valence-electron chi connectivity index (χ1n) is 15.9. The molecule has 0 spiro atoms. The van der Waals surface area contributed by atoms with E-state index in [9.17, 15) is 23.1 Å². The first-order chi connectivity index (χ1) is 22.8. The highest BCUT2D eigenvalue weighted by atomic mass is 32.2. The third-order valence-electron chi connectivity index (χ3n) is 9.47. The van der Waals surface area contributed by atoms with Crippen LogP contribution in [0, 0.1) is 11.6 Å². The van der Waals surface area contributed by atoms with Gasteiger partial charge in [-0.25, -0.2) is 31.5 Å². The molecule has 0 unspecified atom stereocenters. The van der Waals surface area contributed by atoms with Gasteiger partial charge in [0.2, 0.25) is 5.91 Å². The van der Waals surface area contributed by atoms with Gasteiger partial charge in [-0.1, -0.05) is 31.2 Å². The summed E-state index contributed by atoms with van der Waals surface area (Å²) >= 11 is 0. The number of phenols is 1. The Kier molecular flexibility index (Phi) is 8.61. The van der Waals surface area contributed by atoms with E-state index in [1.54, 1.807) is 35.8 Å². The molecule has 0 bridgehead atoms. The standard InChI is InChI=1S/C35H37F2N5O5S/c1-6-29(44)40-17-21(5)41(18-20(40)4)33-24-16-26(37)31(30-25(36)13-9-14-27(30)43)38-34(24)42(35(45)39-33)32-23(22-10-7-11-22)12-8-15-28(32)48(46,47)19(2)3/h6,8-9,12-16,19-22,43H,1,7,10-11,17-18H2,2-5H3/t20-,21+/m1/s1. The molecule has 2 aromatic heterocycles. The maximum Gasteiger partial charge on any atom is 0.355 e. The fraction of sp³-hybridized carbons (Fsp3) is 0.371. The molecule has 1 saturated carbocycles. The summed E-state index contributed by atoms with van der Waals surface area (Å²) in [6, 6.07) is 8.74. The highest BCUT2D eigenvalue weighted by Gasteiger charge is 2.36. The summed E-state index contributed by atoms with van der Waals surface area (Å²) in [4.78, 5) is 39.2. The SMILES string of the molecule is C=CC(=O)N1C[C@H](C)N(c2nc(=O)n(-c3c(C4CCC4)cccc3S(=O)(=O)C(C)C)c3nc(-c4c(O)cccc4F)c(F)cc23)C[C@H]1C. The Morgan fingerprint density at radius 1 is 1.04 bits per heavy atom. The zero-order valence-electron chi connectivity index (χ0n) is 27.2. The van der Waals surface area contributed by atoms with Crippen molar-refractivity contribution in [1.29, 1.82) is 0 Å². The van der Waals surface area contributed by atoms with Crippen LogP contribution in [0.3, 0.4) is 0 Å². The second-order valence-corrected chi connectivity index (χ2v) is 15.3. The average Bonchev–Trinajstić information content (AvgIpc) is 3.01. The Morgan fingerprint density at radius 2 is 1.75 bits per heavy atom. The monoisotopic (exact) mass is 677 g/mol. The van der Waals surface area contributed by atoms with Crippen LogP contribution in [0.5, 0.6) is 5.75 Å². The van der Waals surface area contributed by atoms with E-state index in [4.69, 9.17) is 0 Å². The van der Waals surface area contributed by atoms with Crippen molar-refractivity contribution in [2.75, 3.05) is 18.0 Å². The lowest BCUT2D eigenvalue weighted by Crippen LogP contribution is -2.58. The van der Waals surface area contributed by atoms with Gasteiger partial charge in [-0.05, 0) is 82.4 Å². The van der Waals surface area contributed by atoms with Gasteiger partial charge in [0.05, 0.1) is 26.8 Å². The van der Waals surface area contributed by atoms with E-state index in [1.165, 1.54) is 24.3 Å². The predicted molar refractivity (Wildman–Crippen MR) is 179 cm³/mol. The van der Waals surface area contributed by atoms with E-state index >= 15 is 8.78 Å². The molecule has 2 aliphatic rings. The maximum atomic E-state index is 16.1. The second-order valence-electron chi connectivity index (χ2n) is 12.8. The quantitative estimate of drug-likeness (QED) is 0.255. The molecule has 1 N–H and O–H groups in total. The number of benzene rings is 2. The van der Waals surface area contributed by atoms with E-state index in [2.05, 4.69) is 16.5 Å². The fourth-order valence-electron chi connectivity index (χ4n) is 6.61. The molecule has 1 amide bonds. The number of para-hydroxylation sites is 1. The summed E-state index contributed by atoms with van der Waals surface area (Å²) < 4.78 is 60.1. The van der Waals surface area contributed by atoms with E-state index in [1.807, 2.05) is 13.8 Å². The number of aromatic hydroxyl groups is 1. The van der Waals surface area contributed by atoms with Gasteiger partial charge in [0, 0.05) is 25.2 Å². The Hall–Kier alpha value is -4.65. The van der Waals surface area contributed by atoms with Crippen LogP contribution in [0.2, 0.25) is 0 Å². The molecule has 0 radical (unpaired) electrons. The average molecular weight is 678 g/mol. The number of fused-ring (bicyclic) bond motifs is 1. The Labute approximate surface area is 277 Å². The number of rotatable bonds is 7. The zero-order chi connectivity index (χ0) is 34.7. The minimum atomic E-state index is -3.97. The van der Waals surface area contributed by atoms with Gasteiger partial charge in [0.1, 0.15) is 23.1 Å². The number of hydrogen-bond donors (Lipinski definition) is 1. The summed E-state index contributed by atoms with van der Waals surface area (Å²) in [6.07, 6.45) is 3.70. The van der Waals surface area contributed by atoms with Gasteiger partial charge in [-0.3, -0.25) is 4.79 Å². The van der Waals surface area contributed by atoms with E-state index in [-0.39, 0.29) is 64.4 Å². The van der Waals surface area contributed by atoms with Crippen molar-refractivity contribution in [2.45, 2.75) is 75.1 Å². The van der Waals surface area contributed by atoms with Crippen LogP contribution in [0.4, 0.5) is 14.6 Å². The van der Waals surface area contributed by atoms with Crippen LogP contribution in [0.15, 0.2) is 64.8 Å². The summed E-state index contributed by atoms with van der Waals surface area (Å²) in [7, 11) is -3.97. The molecule has 13 heteroatoms. The Bertz CT molecular complexity index is 2110. The van der Waals surface area contributed by atoms with Crippen molar-refractivity contribution in [2.24, 2.45) is 0 Å². The van der Waals surface area contributed by atoms with Crippen LogP contribution < -0.4 is 10.6 Å². The number of piperazine rings is 1. The Balaban J connectivity index is 1.71. The number of anilines is 1. The summed E-state index contributed by atoms with van der Waals surface area (Å²) in [6.45, 7) is 10.8. The number of phenolic OH excluding ortho intramolecular Hbond substituents is 1. The largest absolute Gasteiger partial charge is 0.507 e. The van der Waals surface area contributed by atoms with Crippen LogP contribution in [-0.4, -0.2) is 69.3 Å². The summed E-state index contributed by atoms with van der Waals surface area (Å²) in [5.74, 6) is -2.70. The van der Waals surface area contributed by atoms with Crippen molar-refractivity contribution in [3.63, 3.8) is 0 Å². The number of carbonyl (C=O) groups is 1. The van der Waals surface area contributed by atoms with Crippen LogP contribution in [0.25, 0.3) is 28.0 Å². The molecule has 252 valence electrons. The number of hydrogen-bond acceptors (Lipinski definition) is 8. The Morgan fingerprint density at radius 3 is 2.38 bits per heavy atom. The highest BCUT2D eigenvalue weighted by molar-refractivity contribution is 7.92. The van der Waals surface area contributed by atoms with Gasteiger partial charge < -0.3 is 14.9 Å². The van der Waals surface area contributed by atoms with E-state index < -0.39 is 49.4 Å². The second kappa shape index (κ2) is 12.4. The first kappa shape index (κ1) is 33.3. The van der Waals surface area contributed by atoms with Gasteiger partial charge >= 0.3 is 5.69 Å². The lowest BCUT2D eigenvalue weighted by atomic mass is 9.79. The lowest BCUT2D eigenvalue weighted by molar-refractivity contribution is -0.128. The lowest BCUT2D eigenvalue weighted by Gasteiger charge is -2.44. The van der Waals surface area contributed by atoms with Crippen molar-refractivity contribution < 1.29 is 27.1 Å². The number of sulfone groups is 1. The molecule has 2 aromatic carbocycles. The van der Waals surface area contributed by atoms with Crippen molar-refractivity contribution >= 4 is 32.6 Å². The third-order valence-corrected chi connectivity index (χ3v) is 11.7. The minimum absolute atomic E-state index is 0.0455. The van der Waals surface area contributed by atoms with Crippen molar-refractivity contribution in [3.05, 3.63) is 82.8 Å². The van der Waals surface area contributed by atoms with Crippen molar-refractivity contribution in [1.82, 2.24) is 19.4 Å². The van der Waals surface area contributed by atoms with Crippen LogP contribution in [-0.2, 0) is 14.6 Å². The maximum absolute atomic E-state index is 16.1. The summed E-state index contributed by atoms with van der Waals surface area (Å²) in [5, 5.41) is 9.85. The number of nitrogens with zero attached hydrogens (tertiary/aromatic N) is 5. The zero-order valence-corrected chi connectivity index (χ0v) is 28.0. The van der Waals surface area contributed by atoms with Gasteiger partial charge in [0.15, 0.2) is 21.3 Å². The molecule has 4 aromatic rings. The highest BCUT2D eigenvalue weighted by Crippen LogP contribution is 2.43. The normalized spacial score (nSPS) is 18.7. The number of amides is 1. The van der Waals surface area contributed by atoms with Gasteiger partial charge in [-0.2, -0.15) is 4.98 Å². The fourth-order valence-corrected chi connectivity index (χ4v) is 7.86. The third kappa shape index (κ3) is 5.43. The molecule has 6 rings (SSSR count).